The SMILES string of the molecule is C[C@H]1CCC[C@H](C)N1C(=O)COc1ccc(C(=O)OCc2csc(-c3ccc(F)cc3)n2)cc1. The van der Waals surface area contributed by atoms with Gasteiger partial charge in [-0.3, -0.25) is 4.79 Å². The fourth-order valence-corrected chi connectivity index (χ4v) is 4.95. The highest BCUT2D eigenvalue weighted by atomic mass is 32.1. The number of aromatic nitrogens is 1. The molecule has 1 saturated heterocycles. The van der Waals surface area contributed by atoms with Gasteiger partial charge in [0.2, 0.25) is 0 Å². The number of likely N-dealkylation sites (tertiary alicyclic amines) is 1. The summed E-state index contributed by atoms with van der Waals surface area (Å²) in [6.45, 7) is 4.15. The van der Waals surface area contributed by atoms with Crippen molar-refractivity contribution in [1.29, 1.82) is 0 Å². The lowest BCUT2D eigenvalue weighted by Gasteiger charge is -2.38. The van der Waals surface area contributed by atoms with E-state index >= 15 is 0 Å². The minimum absolute atomic E-state index is 0.0218. The van der Waals surface area contributed by atoms with E-state index in [1.54, 1.807) is 36.4 Å². The van der Waals surface area contributed by atoms with Crippen LogP contribution in [0, 0.1) is 5.82 Å². The molecule has 0 saturated carbocycles. The van der Waals surface area contributed by atoms with Gasteiger partial charge in [0.15, 0.2) is 6.61 Å². The van der Waals surface area contributed by atoms with Crippen LogP contribution in [-0.4, -0.2) is 40.5 Å². The molecule has 1 amide bonds. The highest BCUT2D eigenvalue weighted by Gasteiger charge is 2.29. The number of carbonyl (C=O) groups excluding carboxylic acids is 2. The first-order valence-corrected chi connectivity index (χ1v) is 12.2. The topological polar surface area (TPSA) is 68.7 Å². The molecule has 6 nitrogen and oxygen atoms in total. The maximum absolute atomic E-state index is 13.1. The van der Waals surface area contributed by atoms with E-state index in [2.05, 4.69) is 18.8 Å². The lowest BCUT2D eigenvalue weighted by Crippen LogP contribution is -2.49. The summed E-state index contributed by atoms with van der Waals surface area (Å²) in [5.41, 5.74) is 1.81. The van der Waals surface area contributed by atoms with Crippen LogP contribution < -0.4 is 4.74 Å². The third-order valence-corrected chi connectivity index (χ3v) is 6.87. The first-order valence-electron chi connectivity index (χ1n) is 11.3. The highest BCUT2D eigenvalue weighted by Crippen LogP contribution is 2.25. The van der Waals surface area contributed by atoms with E-state index in [1.807, 2.05) is 10.3 Å². The van der Waals surface area contributed by atoms with Crippen molar-refractivity contribution in [2.24, 2.45) is 0 Å². The molecule has 0 unspecified atom stereocenters. The Balaban J connectivity index is 1.27. The molecule has 4 rings (SSSR count). The number of carbonyl (C=O) groups is 2. The molecule has 178 valence electrons. The van der Waals surface area contributed by atoms with Gasteiger partial charge in [0.05, 0.1) is 11.3 Å². The summed E-state index contributed by atoms with van der Waals surface area (Å²) in [5, 5.41) is 2.54. The number of thiazole rings is 1. The number of hydrogen-bond donors (Lipinski definition) is 0. The second-order valence-corrected chi connectivity index (χ2v) is 9.33. The fraction of sp³-hybridized carbons (Fsp3) is 0.346. The molecule has 1 aromatic heterocycles. The Morgan fingerprint density at radius 1 is 1.06 bits per heavy atom. The predicted octanol–water partition coefficient (Wildman–Crippen LogP) is 5.47. The Kier molecular flexibility index (Phi) is 7.57. The van der Waals surface area contributed by atoms with E-state index in [1.165, 1.54) is 23.5 Å². The Morgan fingerprint density at radius 3 is 2.41 bits per heavy atom. The molecule has 0 spiro atoms. The van der Waals surface area contributed by atoms with Crippen molar-refractivity contribution in [3.05, 3.63) is 71.0 Å². The third kappa shape index (κ3) is 5.80. The lowest BCUT2D eigenvalue weighted by molar-refractivity contribution is -0.139. The zero-order chi connectivity index (χ0) is 24.1. The van der Waals surface area contributed by atoms with Crippen molar-refractivity contribution in [3.8, 4) is 16.3 Å². The van der Waals surface area contributed by atoms with E-state index < -0.39 is 5.97 Å². The van der Waals surface area contributed by atoms with Gasteiger partial charge in [-0.05, 0) is 81.6 Å². The number of ether oxygens (including phenoxy) is 2. The average Bonchev–Trinajstić information content (AvgIpc) is 3.31. The van der Waals surface area contributed by atoms with Gasteiger partial charge in [-0.15, -0.1) is 11.3 Å². The van der Waals surface area contributed by atoms with Gasteiger partial charge < -0.3 is 14.4 Å². The van der Waals surface area contributed by atoms with Gasteiger partial charge in [-0.2, -0.15) is 0 Å². The lowest BCUT2D eigenvalue weighted by atomic mass is 9.97. The maximum Gasteiger partial charge on any atom is 0.338 e. The number of amides is 1. The predicted molar refractivity (Wildman–Crippen MR) is 128 cm³/mol. The van der Waals surface area contributed by atoms with Crippen LogP contribution in [0.15, 0.2) is 53.9 Å². The molecular weight excluding hydrogens is 455 g/mol. The number of nitrogens with zero attached hydrogens (tertiary/aromatic N) is 2. The van der Waals surface area contributed by atoms with Crippen molar-refractivity contribution in [1.82, 2.24) is 9.88 Å². The number of hydrogen-bond acceptors (Lipinski definition) is 6. The molecule has 3 aromatic rings. The number of benzene rings is 2. The second kappa shape index (κ2) is 10.8. The molecule has 1 aliphatic rings. The molecule has 2 aromatic carbocycles. The molecule has 0 bridgehead atoms. The summed E-state index contributed by atoms with van der Waals surface area (Å²) in [7, 11) is 0. The van der Waals surface area contributed by atoms with Crippen molar-refractivity contribution in [2.75, 3.05) is 6.61 Å². The summed E-state index contributed by atoms with van der Waals surface area (Å²) in [6, 6.07) is 13.1. The van der Waals surface area contributed by atoms with E-state index in [-0.39, 0.29) is 37.0 Å². The fourth-order valence-electron chi connectivity index (χ4n) is 4.14. The van der Waals surface area contributed by atoms with E-state index in [9.17, 15) is 14.0 Å². The van der Waals surface area contributed by atoms with Crippen LogP contribution in [0.25, 0.3) is 10.6 Å². The molecule has 2 atom stereocenters. The Hall–Kier alpha value is -3.26. The number of esters is 1. The highest BCUT2D eigenvalue weighted by molar-refractivity contribution is 7.13. The largest absolute Gasteiger partial charge is 0.484 e. The molecule has 1 fully saturated rings. The van der Waals surface area contributed by atoms with Crippen LogP contribution in [0.5, 0.6) is 5.75 Å². The summed E-state index contributed by atoms with van der Waals surface area (Å²) in [4.78, 5) is 31.4. The van der Waals surface area contributed by atoms with Crippen LogP contribution in [0.1, 0.15) is 49.2 Å². The van der Waals surface area contributed by atoms with Crippen LogP contribution in [0.3, 0.4) is 0 Å². The molecule has 0 aliphatic carbocycles. The summed E-state index contributed by atoms with van der Waals surface area (Å²) >= 11 is 1.40. The summed E-state index contributed by atoms with van der Waals surface area (Å²) in [6.07, 6.45) is 3.17. The van der Waals surface area contributed by atoms with Gasteiger partial charge in [0.25, 0.3) is 5.91 Å². The Morgan fingerprint density at radius 2 is 1.74 bits per heavy atom. The van der Waals surface area contributed by atoms with Crippen LogP contribution in [-0.2, 0) is 16.1 Å². The number of piperidine rings is 1. The summed E-state index contributed by atoms with van der Waals surface area (Å²) in [5.74, 6) is -0.282. The molecule has 34 heavy (non-hydrogen) atoms. The normalized spacial score (nSPS) is 17.9. The standard InChI is InChI=1S/C26H27FN2O4S/c1-17-4-3-5-18(2)29(17)24(30)15-32-23-12-8-20(9-13-23)26(31)33-14-22-16-34-25(28-22)19-6-10-21(27)11-7-19/h6-13,16-18H,3-5,14-15H2,1-2H3/t17-,18-/m0/s1. The van der Waals surface area contributed by atoms with Gasteiger partial charge in [0.1, 0.15) is 23.2 Å². The monoisotopic (exact) mass is 482 g/mol. The number of rotatable bonds is 7. The molecule has 0 radical (unpaired) electrons. The van der Waals surface area contributed by atoms with Gasteiger partial charge in [-0.1, -0.05) is 0 Å². The van der Waals surface area contributed by atoms with Crippen molar-refractivity contribution < 1.29 is 23.5 Å². The van der Waals surface area contributed by atoms with Gasteiger partial charge >= 0.3 is 5.97 Å². The summed E-state index contributed by atoms with van der Waals surface area (Å²) < 4.78 is 24.1. The first-order chi connectivity index (χ1) is 16.4. The van der Waals surface area contributed by atoms with Gasteiger partial charge in [0, 0.05) is 23.0 Å². The zero-order valence-corrected chi connectivity index (χ0v) is 20.0. The van der Waals surface area contributed by atoms with Crippen LogP contribution >= 0.6 is 11.3 Å². The molecule has 0 N–H and O–H groups in total. The third-order valence-electron chi connectivity index (χ3n) is 5.93. The molecule has 8 heteroatoms. The minimum atomic E-state index is -0.477. The second-order valence-electron chi connectivity index (χ2n) is 8.47. The quantitative estimate of drug-likeness (QED) is 0.418. The maximum atomic E-state index is 13.1. The average molecular weight is 483 g/mol. The van der Waals surface area contributed by atoms with Crippen LogP contribution in [0.4, 0.5) is 4.39 Å². The van der Waals surface area contributed by atoms with E-state index in [4.69, 9.17) is 9.47 Å². The minimum Gasteiger partial charge on any atom is -0.484 e. The van der Waals surface area contributed by atoms with Crippen LogP contribution in [0.2, 0.25) is 0 Å². The Bertz CT molecular complexity index is 1120. The van der Waals surface area contributed by atoms with E-state index in [0.29, 0.717) is 17.0 Å². The molecular formula is C26H27FN2O4S. The van der Waals surface area contributed by atoms with Crippen molar-refractivity contribution in [2.45, 2.75) is 51.8 Å². The van der Waals surface area contributed by atoms with Crippen molar-refractivity contribution >= 4 is 23.2 Å². The molecule has 1 aliphatic heterocycles. The molecule has 2 heterocycles. The number of halogens is 1. The van der Waals surface area contributed by atoms with E-state index in [0.717, 1.165) is 29.8 Å². The van der Waals surface area contributed by atoms with Gasteiger partial charge in [-0.25, -0.2) is 14.2 Å². The zero-order valence-electron chi connectivity index (χ0n) is 19.2. The smallest absolute Gasteiger partial charge is 0.338 e. The Labute approximate surface area is 202 Å². The first kappa shape index (κ1) is 23.9. The van der Waals surface area contributed by atoms with Crippen molar-refractivity contribution in [3.63, 3.8) is 0 Å².